The molecule has 1 aliphatic heterocycles. The summed E-state index contributed by atoms with van der Waals surface area (Å²) in [7, 11) is 2.05. The molecule has 0 spiro atoms. The molecule has 0 radical (unpaired) electrons. The van der Waals surface area contributed by atoms with Crippen LogP contribution in [-0.2, 0) is 11.8 Å². The maximum atomic E-state index is 12.3. The first-order valence-corrected chi connectivity index (χ1v) is 8.79. The summed E-state index contributed by atoms with van der Waals surface area (Å²) >= 11 is 4.92. The van der Waals surface area contributed by atoms with Crippen LogP contribution in [-0.4, -0.2) is 9.68 Å². The van der Waals surface area contributed by atoms with Crippen molar-refractivity contribution in [2.45, 2.75) is 17.4 Å². The molecule has 2 nitrogen and oxygen atoms in total. The van der Waals surface area contributed by atoms with E-state index in [0.717, 1.165) is 9.50 Å². The smallest absolute Gasteiger partial charge is 0.196 e. The van der Waals surface area contributed by atoms with Crippen molar-refractivity contribution >= 4 is 43.7 Å². The molecule has 1 aromatic heterocycles. The van der Waals surface area contributed by atoms with E-state index in [2.05, 4.69) is 50.8 Å². The maximum Gasteiger partial charge on any atom is 0.196 e. The van der Waals surface area contributed by atoms with Crippen LogP contribution < -0.4 is 0 Å². The number of fused-ring (bicyclic) bond motifs is 3. The summed E-state index contributed by atoms with van der Waals surface area (Å²) in [6.45, 7) is 0. The van der Waals surface area contributed by atoms with Gasteiger partial charge < -0.3 is 4.57 Å². The van der Waals surface area contributed by atoms with Crippen LogP contribution in [0.5, 0.6) is 0 Å². The third-order valence-electron chi connectivity index (χ3n) is 4.27. The number of para-hydroxylation sites is 1. The van der Waals surface area contributed by atoms with Crippen molar-refractivity contribution in [3.05, 3.63) is 64.1 Å². The Bertz CT molecular complexity index is 899. The van der Waals surface area contributed by atoms with E-state index in [1.165, 1.54) is 33.8 Å². The van der Waals surface area contributed by atoms with Gasteiger partial charge in [0.1, 0.15) is 0 Å². The summed E-state index contributed by atoms with van der Waals surface area (Å²) in [5.74, 6) is 0.132. The van der Waals surface area contributed by atoms with Crippen molar-refractivity contribution in [2.75, 3.05) is 0 Å². The third kappa shape index (κ3) is 2.13. The number of halogens is 1. The fourth-order valence-electron chi connectivity index (χ4n) is 3.29. The standard InChI is InChI=1S/C18H14BrNOS/c1-20-15-8-3-2-7-13(15)17-14(10-16(21)22-18(17)20)11-5-4-6-12(19)9-11/h2-9,14H,10H2,1H3/t14-/m1/s1. The molecule has 0 saturated heterocycles. The van der Waals surface area contributed by atoms with Crippen LogP contribution >= 0.6 is 27.7 Å². The van der Waals surface area contributed by atoms with E-state index in [0.29, 0.717) is 6.42 Å². The molecular formula is C18H14BrNOS. The minimum atomic E-state index is 0.132. The summed E-state index contributed by atoms with van der Waals surface area (Å²) in [4.78, 5) is 12.3. The van der Waals surface area contributed by atoms with Crippen molar-refractivity contribution in [3.8, 4) is 0 Å². The molecular weight excluding hydrogens is 358 g/mol. The highest BCUT2D eigenvalue weighted by molar-refractivity contribution is 9.10. The van der Waals surface area contributed by atoms with Gasteiger partial charge in [-0.1, -0.05) is 46.3 Å². The topological polar surface area (TPSA) is 22.0 Å². The van der Waals surface area contributed by atoms with Crippen LogP contribution in [0.25, 0.3) is 10.9 Å². The number of rotatable bonds is 1. The van der Waals surface area contributed by atoms with E-state index < -0.39 is 0 Å². The summed E-state index contributed by atoms with van der Waals surface area (Å²) in [6, 6.07) is 16.7. The lowest BCUT2D eigenvalue weighted by Crippen LogP contribution is -2.13. The fraction of sp³-hybridized carbons (Fsp3) is 0.167. The molecule has 1 aliphatic rings. The molecule has 0 N–H and O–H groups in total. The molecule has 4 rings (SSSR count). The van der Waals surface area contributed by atoms with E-state index in [-0.39, 0.29) is 11.0 Å². The van der Waals surface area contributed by atoms with Gasteiger partial charge in [0, 0.05) is 40.3 Å². The van der Waals surface area contributed by atoms with Crippen LogP contribution in [0.1, 0.15) is 23.5 Å². The van der Waals surface area contributed by atoms with Crippen molar-refractivity contribution in [1.29, 1.82) is 0 Å². The van der Waals surface area contributed by atoms with Crippen LogP contribution in [0.4, 0.5) is 0 Å². The normalized spacial score (nSPS) is 17.7. The SMILES string of the molecule is Cn1c2c(c3ccccc31)[C@@H](c1cccc(Br)c1)CC(=O)S2. The molecule has 0 bridgehead atoms. The number of aromatic nitrogens is 1. The molecule has 0 amide bonds. The zero-order valence-electron chi connectivity index (χ0n) is 12.0. The fourth-order valence-corrected chi connectivity index (χ4v) is 4.77. The highest BCUT2D eigenvalue weighted by atomic mass is 79.9. The summed E-state index contributed by atoms with van der Waals surface area (Å²) < 4.78 is 3.20. The summed E-state index contributed by atoms with van der Waals surface area (Å²) in [6.07, 6.45) is 0.558. The molecule has 0 aliphatic carbocycles. The van der Waals surface area contributed by atoms with Gasteiger partial charge in [-0.3, -0.25) is 4.79 Å². The summed E-state index contributed by atoms with van der Waals surface area (Å²) in [5.41, 5.74) is 3.68. The first-order chi connectivity index (χ1) is 10.6. The Morgan fingerprint density at radius 3 is 2.82 bits per heavy atom. The van der Waals surface area contributed by atoms with Gasteiger partial charge in [0.05, 0.1) is 5.03 Å². The zero-order valence-corrected chi connectivity index (χ0v) is 14.4. The monoisotopic (exact) mass is 371 g/mol. The van der Waals surface area contributed by atoms with Gasteiger partial charge >= 0.3 is 0 Å². The number of thioether (sulfide) groups is 1. The second-order valence-electron chi connectivity index (χ2n) is 5.58. The summed E-state index contributed by atoms with van der Waals surface area (Å²) in [5, 5.41) is 2.58. The molecule has 3 aromatic rings. The van der Waals surface area contributed by atoms with Gasteiger partial charge in [0.15, 0.2) is 5.12 Å². The third-order valence-corrected chi connectivity index (χ3v) is 5.85. The predicted molar refractivity (Wildman–Crippen MR) is 94.4 cm³/mol. The number of benzene rings is 2. The lowest BCUT2D eigenvalue weighted by Gasteiger charge is -2.23. The van der Waals surface area contributed by atoms with Gasteiger partial charge in [-0.2, -0.15) is 0 Å². The molecule has 1 atom stereocenters. The van der Waals surface area contributed by atoms with E-state index in [1.54, 1.807) is 0 Å². The van der Waals surface area contributed by atoms with Crippen molar-refractivity contribution in [1.82, 2.24) is 4.57 Å². The van der Waals surface area contributed by atoms with Crippen molar-refractivity contribution in [3.63, 3.8) is 0 Å². The quantitative estimate of drug-likeness (QED) is 0.593. The van der Waals surface area contributed by atoms with Gasteiger partial charge in [0.2, 0.25) is 0 Å². The van der Waals surface area contributed by atoms with E-state index in [1.807, 2.05) is 25.2 Å². The van der Waals surface area contributed by atoms with Gasteiger partial charge in [-0.15, -0.1) is 0 Å². The molecule has 2 heterocycles. The largest absolute Gasteiger partial charge is 0.338 e. The van der Waals surface area contributed by atoms with E-state index in [4.69, 9.17) is 0 Å². The Labute approximate surface area is 141 Å². The maximum absolute atomic E-state index is 12.3. The minimum absolute atomic E-state index is 0.132. The lowest BCUT2D eigenvalue weighted by atomic mass is 9.88. The lowest BCUT2D eigenvalue weighted by molar-refractivity contribution is -0.111. The van der Waals surface area contributed by atoms with Crippen LogP contribution in [0.3, 0.4) is 0 Å². The number of hydrogen-bond donors (Lipinski definition) is 0. The number of carbonyl (C=O) groups is 1. The van der Waals surface area contributed by atoms with E-state index >= 15 is 0 Å². The Kier molecular flexibility index (Phi) is 3.39. The van der Waals surface area contributed by atoms with Crippen LogP contribution in [0, 0.1) is 0 Å². The zero-order chi connectivity index (χ0) is 15.3. The molecule has 2 aromatic carbocycles. The van der Waals surface area contributed by atoms with Crippen LogP contribution in [0.2, 0.25) is 0 Å². The Morgan fingerprint density at radius 2 is 2.00 bits per heavy atom. The number of hydrogen-bond acceptors (Lipinski definition) is 2. The molecule has 0 unspecified atom stereocenters. The molecule has 4 heteroatoms. The Hall–Kier alpha value is -1.52. The molecule has 22 heavy (non-hydrogen) atoms. The number of aryl methyl sites for hydroxylation is 1. The molecule has 110 valence electrons. The average molecular weight is 372 g/mol. The second-order valence-corrected chi connectivity index (χ2v) is 7.54. The van der Waals surface area contributed by atoms with Crippen molar-refractivity contribution < 1.29 is 4.79 Å². The van der Waals surface area contributed by atoms with E-state index in [9.17, 15) is 4.79 Å². The first kappa shape index (κ1) is 14.1. The highest BCUT2D eigenvalue weighted by Crippen LogP contribution is 2.46. The Morgan fingerprint density at radius 1 is 1.18 bits per heavy atom. The van der Waals surface area contributed by atoms with Crippen LogP contribution in [0.15, 0.2) is 58.0 Å². The van der Waals surface area contributed by atoms with Gasteiger partial charge in [-0.05, 0) is 35.5 Å². The predicted octanol–water partition coefficient (Wildman–Crippen LogP) is 5.10. The Balaban J connectivity index is 2.01. The number of carbonyl (C=O) groups excluding carboxylic acids is 1. The van der Waals surface area contributed by atoms with Crippen molar-refractivity contribution in [2.24, 2.45) is 7.05 Å². The first-order valence-electron chi connectivity index (χ1n) is 7.18. The highest BCUT2D eigenvalue weighted by Gasteiger charge is 2.32. The van der Waals surface area contributed by atoms with Gasteiger partial charge in [0.25, 0.3) is 0 Å². The molecule has 0 fully saturated rings. The second kappa shape index (κ2) is 5.28. The molecule has 0 saturated carbocycles. The van der Waals surface area contributed by atoms with Gasteiger partial charge in [-0.25, -0.2) is 0 Å². The minimum Gasteiger partial charge on any atom is -0.338 e. The average Bonchev–Trinajstić information content (AvgIpc) is 2.80. The number of nitrogens with zero attached hydrogens (tertiary/aromatic N) is 1.